The van der Waals surface area contributed by atoms with Crippen molar-refractivity contribution in [3.8, 4) is 0 Å². The van der Waals surface area contributed by atoms with Crippen LogP contribution in [0.4, 0.5) is 0 Å². The molecular weight excluding hydrogens is 358 g/mol. The van der Waals surface area contributed by atoms with Crippen molar-refractivity contribution in [2.75, 3.05) is 6.61 Å². The summed E-state index contributed by atoms with van der Waals surface area (Å²) >= 11 is 1.22. The summed E-state index contributed by atoms with van der Waals surface area (Å²) in [6.45, 7) is 2.14. The lowest BCUT2D eigenvalue weighted by molar-refractivity contribution is 0.0527. The minimum atomic E-state index is -0.316. The Morgan fingerprint density at radius 3 is 2.89 bits per heavy atom. The second kappa shape index (κ2) is 8.65. The van der Waals surface area contributed by atoms with Gasteiger partial charge in [0.1, 0.15) is 0 Å². The Balaban J connectivity index is 2.10. The number of carbonyl (C=O) groups is 1. The predicted molar refractivity (Wildman–Crippen MR) is 113 cm³/mol. The molecule has 27 heavy (non-hydrogen) atoms. The number of hydrogen-bond donors (Lipinski definition) is 2. The number of fused-ring (bicyclic) bond motifs is 1. The van der Waals surface area contributed by atoms with Crippen LogP contribution in [0.2, 0.25) is 0 Å². The Labute approximate surface area is 164 Å². The van der Waals surface area contributed by atoms with Gasteiger partial charge >= 0.3 is 5.97 Å². The summed E-state index contributed by atoms with van der Waals surface area (Å²) in [5.41, 5.74) is 10.6. The van der Waals surface area contributed by atoms with E-state index in [1.807, 2.05) is 24.6 Å². The van der Waals surface area contributed by atoms with Crippen LogP contribution in [0.15, 0.2) is 24.3 Å². The van der Waals surface area contributed by atoms with Crippen molar-refractivity contribution in [3.05, 3.63) is 41.1 Å². The molecule has 2 aromatic rings. The third-order valence-corrected chi connectivity index (χ3v) is 5.81. The van der Waals surface area contributed by atoms with E-state index in [1.165, 1.54) is 42.2 Å². The van der Waals surface area contributed by atoms with Gasteiger partial charge < -0.3 is 15.0 Å². The summed E-state index contributed by atoms with van der Waals surface area (Å²) < 4.78 is 7.34. The maximum atomic E-state index is 12.6. The van der Waals surface area contributed by atoms with Crippen LogP contribution >= 0.6 is 11.8 Å². The van der Waals surface area contributed by atoms with Gasteiger partial charge in [-0.15, -0.1) is 0 Å². The molecule has 6 heteroatoms. The number of nitrogens with two attached hydrogens (primary N) is 1. The molecule has 1 aromatic heterocycles. The second-order valence-corrected chi connectivity index (χ2v) is 7.83. The van der Waals surface area contributed by atoms with E-state index in [1.54, 1.807) is 0 Å². The summed E-state index contributed by atoms with van der Waals surface area (Å²) in [6, 6.07) is 6.33. The fourth-order valence-corrected chi connectivity index (χ4v) is 4.34. The van der Waals surface area contributed by atoms with Crippen LogP contribution in [-0.4, -0.2) is 22.3 Å². The number of aromatic nitrogens is 1. The number of nitrogens with one attached hydrogen (secondary N) is 1. The van der Waals surface area contributed by atoms with E-state index in [9.17, 15) is 4.79 Å². The highest BCUT2D eigenvalue weighted by molar-refractivity contribution is 8.13. The van der Waals surface area contributed by atoms with Gasteiger partial charge in [0.2, 0.25) is 0 Å². The van der Waals surface area contributed by atoms with Gasteiger partial charge in [-0.05, 0) is 49.8 Å². The van der Waals surface area contributed by atoms with Gasteiger partial charge in [0.25, 0.3) is 0 Å². The number of hydrogen-bond acceptors (Lipinski definition) is 4. The van der Waals surface area contributed by atoms with Crippen LogP contribution < -0.4 is 5.73 Å². The Bertz CT molecular complexity index is 898. The third kappa shape index (κ3) is 4.21. The summed E-state index contributed by atoms with van der Waals surface area (Å²) in [4.78, 5) is 12.6. The first kappa shape index (κ1) is 19.5. The number of nitrogens with zero attached hydrogens (tertiary/aromatic N) is 1. The van der Waals surface area contributed by atoms with E-state index in [2.05, 4.69) is 18.2 Å². The molecule has 0 bridgehead atoms. The number of amidine groups is 1. The lowest BCUT2D eigenvalue weighted by Crippen LogP contribution is -2.10. The summed E-state index contributed by atoms with van der Waals surface area (Å²) in [6.07, 6.45) is 8.37. The second-order valence-electron chi connectivity index (χ2n) is 6.81. The molecule has 1 aromatic carbocycles. The average Bonchev–Trinajstić information content (AvgIpc) is 2.82. The molecule has 0 fully saturated rings. The van der Waals surface area contributed by atoms with E-state index in [0.717, 1.165) is 29.4 Å². The van der Waals surface area contributed by atoms with E-state index >= 15 is 0 Å². The third-order valence-electron chi connectivity index (χ3n) is 5.08. The summed E-state index contributed by atoms with van der Waals surface area (Å²) in [5, 5.41) is 8.44. The fraction of sp³-hybridized carbons (Fsp3) is 0.429. The average molecular weight is 386 g/mol. The molecule has 0 saturated carbocycles. The molecule has 0 atom stereocenters. The van der Waals surface area contributed by atoms with Crippen molar-refractivity contribution in [1.82, 2.24) is 4.57 Å². The number of carbonyl (C=O) groups excluding carboxylic acids is 1. The van der Waals surface area contributed by atoms with E-state index in [4.69, 9.17) is 15.9 Å². The number of aryl methyl sites for hydroxylation is 1. The van der Waals surface area contributed by atoms with Gasteiger partial charge in [0.15, 0.2) is 5.17 Å². The SMILES string of the molecule is CCOC(=O)c1c(CSC(=N)N)n(C)c2cc(C3=CCCCCC3)ccc12. The van der Waals surface area contributed by atoms with E-state index in [0.29, 0.717) is 17.9 Å². The minimum absolute atomic E-state index is 0.0411. The molecule has 0 radical (unpaired) electrons. The van der Waals surface area contributed by atoms with E-state index in [-0.39, 0.29) is 11.1 Å². The molecule has 5 nitrogen and oxygen atoms in total. The molecule has 3 N–H and O–H groups in total. The summed E-state index contributed by atoms with van der Waals surface area (Å²) in [7, 11) is 1.96. The first-order valence-corrected chi connectivity index (χ1v) is 10.5. The first-order chi connectivity index (χ1) is 13.0. The molecule has 1 heterocycles. The number of esters is 1. The molecule has 1 aliphatic carbocycles. The smallest absolute Gasteiger partial charge is 0.340 e. The quantitative estimate of drug-likeness (QED) is 0.439. The maximum absolute atomic E-state index is 12.6. The van der Waals surface area contributed by atoms with Crippen molar-refractivity contribution in [2.45, 2.75) is 44.8 Å². The standard InChI is InChI=1S/C21H27N3O2S/c1-3-26-20(25)19-16-11-10-15(14-8-6-4-5-7-9-14)12-17(16)24(2)18(19)13-27-21(22)23/h8,10-12H,3-7,9,13H2,1-2H3,(H3,22,23). The van der Waals surface area contributed by atoms with Crippen LogP contribution in [0.3, 0.4) is 0 Å². The van der Waals surface area contributed by atoms with Crippen LogP contribution in [0.25, 0.3) is 16.5 Å². The zero-order valence-corrected chi connectivity index (χ0v) is 16.8. The highest BCUT2D eigenvalue weighted by Gasteiger charge is 2.23. The predicted octanol–water partition coefficient (Wildman–Crippen LogP) is 4.83. The normalized spacial score (nSPS) is 14.7. The largest absolute Gasteiger partial charge is 0.462 e. The first-order valence-electron chi connectivity index (χ1n) is 9.47. The van der Waals surface area contributed by atoms with Crippen molar-refractivity contribution < 1.29 is 9.53 Å². The Hall–Kier alpha value is -2.21. The number of benzene rings is 1. The minimum Gasteiger partial charge on any atom is -0.462 e. The Morgan fingerprint density at radius 2 is 2.15 bits per heavy atom. The molecule has 0 aliphatic heterocycles. The summed E-state index contributed by atoms with van der Waals surface area (Å²) in [5.74, 6) is 0.149. The lowest BCUT2D eigenvalue weighted by Gasteiger charge is -2.08. The Morgan fingerprint density at radius 1 is 1.33 bits per heavy atom. The highest BCUT2D eigenvalue weighted by atomic mass is 32.2. The van der Waals surface area contributed by atoms with Crippen LogP contribution in [-0.2, 0) is 17.5 Å². The topological polar surface area (TPSA) is 81.1 Å². The van der Waals surface area contributed by atoms with Gasteiger partial charge in [-0.1, -0.05) is 36.4 Å². The molecule has 3 rings (SSSR count). The van der Waals surface area contributed by atoms with Gasteiger partial charge in [-0.2, -0.15) is 0 Å². The number of allylic oxidation sites excluding steroid dienone is 2. The molecule has 0 saturated heterocycles. The monoisotopic (exact) mass is 385 g/mol. The molecule has 1 aliphatic rings. The van der Waals surface area contributed by atoms with Crippen LogP contribution in [0.5, 0.6) is 0 Å². The zero-order chi connectivity index (χ0) is 19.4. The van der Waals surface area contributed by atoms with Crippen LogP contribution in [0.1, 0.15) is 60.6 Å². The highest BCUT2D eigenvalue weighted by Crippen LogP contribution is 2.33. The fourth-order valence-electron chi connectivity index (χ4n) is 3.71. The van der Waals surface area contributed by atoms with E-state index < -0.39 is 0 Å². The van der Waals surface area contributed by atoms with Gasteiger partial charge in [0.05, 0.1) is 12.2 Å². The van der Waals surface area contributed by atoms with Gasteiger partial charge in [-0.3, -0.25) is 5.41 Å². The van der Waals surface area contributed by atoms with Crippen molar-refractivity contribution >= 4 is 39.4 Å². The molecule has 144 valence electrons. The van der Waals surface area contributed by atoms with Crippen molar-refractivity contribution in [2.24, 2.45) is 12.8 Å². The Kier molecular flexibility index (Phi) is 6.26. The number of ether oxygens (including phenoxy) is 1. The maximum Gasteiger partial charge on any atom is 0.340 e. The van der Waals surface area contributed by atoms with Gasteiger partial charge in [0, 0.05) is 29.4 Å². The van der Waals surface area contributed by atoms with Gasteiger partial charge in [-0.25, -0.2) is 4.79 Å². The number of thioether (sulfide) groups is 1. The van der Waals surface area contributed by atoms with Crippen LogP contribution in [0, 0.1) is 5.41 Å². The lowest BCUT2D eigenvalue weighted by atomic mass is 9.99. The van der Waals surface area contributed by atoms with Crippen molar-refractivity contribution in [3.63, 3.8) is 0 Å². The molecule has 0 amide bonds. The molecular formula is C21H27N3O2S. The number of rotatable bonds is 5. The zero-order valence-electron chi connectivity index (χ0n) is 16.0. The molecule has 0 unspecified atom stereocenters. The molecule has 0 spiro atoms. The van der Waals surface area contributed by atoms with Crippen molar-refractivity contribution in [1.29, 1.82) is 5.41 Å².